The Morgan fingerprint density at radius 2 is 2.29 bits per heavy atom. The van der Waals surface area contributed by atoms with Gasteiger partial charge in [0, 0.05) is 0 Å². The van der Waals surface area contributed by atoms with Crippen LogP contribution in [-0.4, -0.2) is 7.11 Å². The van der Waals surface area contributed by atoms with Gasteiger partial charge in [-0.15, -0.1) is 0 Å². The maximum atomic E-state index is 5.36. The van der Waals surface area contributed by atoms with E-state index in [1.54, 1.807) is 7.11 Å². The van der Waals surface area contributed by atoms with Gasteiger partial charge in [-0.3, -0.25) is 0 Å². The molecule has 0 N–H and O–H groups in total. The van der Waals surface area contributed by atoms with E-state index >= 15 is 0 Å². The fraction of sp³-hybridized carbons (Fsp3) is 0.625. The van der Waals surface area contributed by atoms with Crippen molar-refractivity contribution >= 4 is 0 Å². The van der Waals surface area contributed by atoms with Crippen LogP contribution in [0.1, 0.15) is 37.7 Å². The van der Waals surface area contributed by atoms with Gasteiger partial charge in [0.05, 0.1) is 7.11 Å². The molecule has 0 spiro atoms. The molecule has 17 heavy (non-hydrogen) atoms. The highest BCUT2D eigenvalue weighted by molar-refractivity contribution is 5.39. The normalized spacial score (nSPS) is 45.1. The summed E-state index contributed by atoms with van der Waals surface area (Å²) in [4.78, 5) is 0. The van der Waals surface area contributed by atoms with Crippen LogP contribution >= 0.6 is 0 Å². The van der Waals surface area contributed by atoms with Crippen molar-refractivity contribution in [3.8, 4) is 5.75 Å². The van der Waals surface area contributed by atoms with Crippen molar-refractivity contribution in [1.82, 2.24) is 0 Å². The predicted octanol–water partition coefficient (Wildman–Crippen LogP) is 3.84. The van der Waals surface area contributed by atoms with Crippen molar-refractivity contribution < 1.29 is 4.74 Å². The van der Waals surface area contributed by atoms with Gasteiger partial charge in [-0.05, 0) is 66.0 Å². The molecule has 4 fully saturated rings. The Morgan fingerprint density at radius 1 is 1.41 bits per heavy atom. The van der Waals surface area contributed by atoms with Crippen molar-refractivity contribution in [1.29, 1.82) is 0 Å². The second-order valence-corrected chi connectivity index (χ2v) is 6.22. The Hall–Kier alpha value is -0.980. The maximum absolute atomic E-state index is 5.36. The lowest BCUT2D eigenvalue weighted by Crippen LogP contribution is -2.03. The van der Waals surface area contributed by atoms with Crippen LogP contribution in [0.25, 0.3) is 0 Å². The van der Waals surface area contributed by atoms with Crippen LogP contribution in [0.2, 0.25) is 0 Å². The number of methoxy groups -OCH3 is 1. The summed E-state index contributed by atoms with van der Waals surface area (Å²) in [5.74, 6) is 4.90. The highest BCUT2D eigenvalue weighted by Crippen LogP contribution is 2.84. The van der Waals surface area contributed by atoms with E-state index in [0.717, 1.165) is 34.8 Å². The lowest BCUT2D eigenvalue weighted by Gasteiger charge is -2.15. The second kappa shape index (κ2) is 3.07. The van der Waals surface area contributed by atoms with E-state index in [1.807, 2.05) is 0 Å². The second-order valence-electron chi connectivity index (χ2n) is 6.22. The quantitative estimate of drug-likeness (QED) is 0.763. The molecule has 1 heteroatoms. The first-order chi connectivity index (χ1) is 8.30. The molecular weight excluding hydrogens is 208 g/mol. The van der Waals surface area contributed by atoms with Crippen molar-refractivity contribution in [2.24, 2.45) is 23.2 Å². The average Bonchev–Trinajstić information content (AvgIpc) is 2.81. The van der Waals surface area contributed by atoms with Crippen molar-refractivity contribution in [3.05, 3.63) is 29.8 Å². The zero-order valence-electron chi connectivity index (χ0n) is 10.6. The first-order valence-corrected chi connectivity index (χ1v) is 6.94. The molecule has 0 amide bonds. The van der Waals surface area contributed by atoms with Gasteiger partial charge in [0.25, 0.3) is 0 Å². The topological polar surface area (TPSA) is 9.23 Å². The Balaban J connectivity index is 1.69. The van der Waals surface area contributed by atoms with Crippen LogP contribution in [0.3, 0.4) is 0 Å². The minimum Gasteiger partial charge on any atom is -0.497 e. The van der Waals surface area contributed by atoms with Crippen LogP contribution < -0.4 is 4.74 Å². The highest BCUT2D eigenvalue weighted by atomic mass is 16.5. The van der Waals surface area contributed by atoms with Gasteiger partial charge in [-0.2, -0.15) is 0 Å². The smallest absolute Gasteiger partial charge is 0.119 e. The Kier molecular flexibility index (Phi) is 1.80. The van der Waals surface area contributed by atoms with Gasteiger partial charge in [0.2, 0.25) is 0 Å². The third kappa shape index (κ3) is 1.06. The fourth-order valence-corrected chi connectivity index (χ4v) is 5.32. The third-order valence-electron chi connectivity index (χ3n) is 5.96. The SMILES string of the molecule is CCC12CC3CC1C2C3c1cccc(OC)c1. The molecule has 5 unspecified atom stereocenters. The number of benzene rings is 1. The third-order valence-corrected chi connectivity index (χ3v) is 5.96. The first kappa shape index (κ1) is 9.99. The molecule has 0 aromatic heterocycles. The molecule has 1 aromatic rings. The van der Waals surface area contributed by atoms with Crippen LogP contribution in [0, 0.1) is 23.2 Å². The molecular formula is C16H20O. The molecule has 1 aromatic carbocycles. The van der Waals surface area contributed by atoms with E-state index in [-0.39, 0.29) is 0 Å². The number of hydrogen-bond acceptors (Lipinski definition) is 1. The Bertz CT molecular complexity index is 466. The van der Waals surface area contributed by atoms with Gasteiger partial charge >= 0.3 is 0 Å². The lowest BCUT2D eigenvalue weighted by molar-refractivity contribution is 0.412. The molecule has 0 heterocycles. The lowest BCUT2D eigenvalue weighted by atomic mass is 9.90. The summed E-state index contributed by atoms with van der Waals surface area (Å²) in [7, 11) is 1.77. The van der Waals surface area contributed by atoms with Gasteiger partial charge < -0.3 is 4.74 Å². The van der Waals surface area contributed by atoms with Gasteiger partial charge in [-0.1, -0.05) is 19.1 Å². The summed E-state index contributed by atoms with van der Waals surface area (Å²) in [6, 6.07) is 8.79. The fourth-order valence-electron chi connectivity index (χ4n) is 5.32. The summed E-state index contributed by atoms with van der Waals surface area (Å²) in [6.45, 7) is 2.39. The van der Waals surface area contributed by atoms with Crippen LogP contribution in [0.5, 0.6) is 5.75 Å². The Labute approximate surface area is 103 Å². The van der Waals surface area contributed by atoms with E-state index in [4.69, 9.17) is 4.74 Å². The summed E-state index contributed by atoms with van der Waals surface area (Å²) in [5.41, 5.74) is 2.30. The molecule has 4 saturated carbocycles. The summed E-state index contributed by atoms with van der Waals surface area (Å²) in [5, 5.41) is 0. The first-order valence-electron chi connectivity index (χ1n) is 6.94. The molecule has 4 bridgehead atoms. The molecule has 0 aliphatic heterocycles. The standard InChI is InChI=1S/C16H20O/c1-3-16-9-11-8-13(16)15(16)14(11)10-5-4-6-12(7-10)17-2/h4-7,11,13-15H,3,8-9H2,1-2H3. The number of hydrogen-bond donors (Lipinski definition) is 0. The van der Waals surface area contributed by atoms with E-state index in [0.29, 0.717) is 0 Å². The summed E-state index contributed by atoms with van der Waals surface area (Å²) >= 11 is 0. The zero-order chi connectivity index (χ0) is 11.6. The maximum Gasteiger partial charge on any atom is 0.119 e. The summed E-state index contributed by atoms with van der Waals surface area (Å²) < 4.78 is 5.36. The zero-order valence-corrected chi connectivity index (χ0v) is 10.6. The van der Waals surface area contributed by atoms with Crippen molar-refractivity contribution in [3.63, 3.8) is 0 Å². The minimum absolute atomic E-state index is 0.762. The highest BCUT2D eigenvalue weighted by Gasteiger charge is 2.77. The summed E-state index contributed by atoms with van der Waals surface area (Å²) in [6.07, 6.45) is 4.40. The largest absolute Gasteiger partial charge is 0.497 e. The average molecular weight is 228 g/mol. The molecule has 4 aliphatic carbocycles. The molecule has 90 valence electrons. The Morgan fingerprint density at radius 3 is 2.94 bits per heavy atom. The van der Waals surface area contributed by atoms with Gasteiger partial charge in [-0.25, -0.2) is 0 Å². The molecule has 4 aliphatic rings. The van der Waals surface area contributed by atoms with E-state index in [1.165, 1.54) is 24.8 Å². The van der Waals surface area contributed by atoms with Crippen LogP contribution in [0.15, 0.2) is 24.3 Å². The molecule has 0 saturated heterocycles. The van der Waals surface area contributed by atoms with Gasteiger partial charge in [0.15, 0.2) is 0 Å². The number of ether oxygens (including phenoxy) is 1. The van der Waals surface area contributed by atoms with E-state index < -0.39 is 0 Å². The van der Waals surface area contributed by atoms with E-state index in [2.05, 4.69) is 31.2 Å². The predicted molar refractivity (Wildman–Crippen MR) is 68.2 cm³/mol. The van der Waals surface area contributed by atoms with E-state index in [9.17, 15) is 0 Å². The van der Waals surface area contributed by atoms with Crippen molar-refractivity contribution in [2.75, 3.05) is 7.11 Å². The molecule has 5 atom stereocenters. The molecule has 5 rings (SSSR count). The molecule has 0 radical (unpaired) electrons. The van der Waals surface area contributed by atoms with Crippen molar-refractivity contribution in [2.45, 2.75) is 32.1 Å². The molecule has 1 nitrogen and oxygen atoms in total. The van der Waals surface area contributed by atoms with Crippen LogP contribution in [0.4, 0.5) is 0 Å². The monoisotopic (exact) mass is 228 g/mol. The minimum atomic E-state index is 0.762. The van der Waals surface area contributed by atoms with Crippen LogP contribution in [-0.2, 0) is 0 Å². The number of rotatable bonds is 3. The van der Waals surface area contributed by atoms with Gasteiger partial charge in [0.1, 0.15) is 5.75 Å².